The van der Waals surface area contributed by atoms with Crippen LogP contribution in [0.2, 0.25) is 0 Å². The summed E-state index contributed by atoms with van der Waals surface area (Å²) in [7, 11) is 0. The fraction of sp³-hybridized carbons (Fsp3) is 1.00. The van der Waals surface area contributed by atoms with Crippen molar-refractivity contribution in [1.29, 1.82) is 0 Å². The van der Waals surface area contributed by atoms with Gasteiger partial charge in [0.15, 0.2) is 0 Å². The Hall–Kier alpha value is -0.220. The maximum atomic E-state index is 11.9. The highest BCUT2D eigenvalue weighted by Crippen LogP contribution is 1.85. The molecule has 0 rings (SSSR count). The molecule has 0 aromatic heterocycles. The summed E-state index contributed by atoms with van der Waals surface area (Å²) in [4.78, 5) is 1.99. The molecule has 0 aliphatic carbocycles. The molecule has 0 spiro atoms. The minimum absolute atomic E-state index is 0.309. The highest BCUT2D eigenvalue weighted by atomic mass is 19.1. The molecular formula is C8H18F2N2. The largest absolute Gasteiger partial charge is 0.313 e. The Bertz CT molecular complexity index is 91.1. The van der Waals surface area contributed by atoms with Crippen LogP contribution in [-0.4, -0.2) is 51.0 Å². The van der Waals surface area contributed by atoms with Crippen LogP contribution < -0.4 is 5.32 Å². The van der Waals surface area contributed by atoms with Crippen molar-refractivity contribution >= 4 is 0 Å². The Labute approximate surface area is 72.9 Å². The van der Waals surface area contributed by atoms with E-state index in [0.29, 0.717) is 13.1 Å². The van der Waals surface area contributed by atoms with Gasteiger partial charge >= 0.3 is 0 Å². The number of alkyl halides is 2. The number of halogens is 2. The second-order valence-corrected chi connectivity index (χ2v) is 2.56. The molecule has 2 nitrogen and oxygen atoms in total. The molecule has 0 aromatic rings. The normalized spacial score (nSPS) is 11.0. The van der Waals surface area contributed by atoms with E-state index in [9.17, 15) is 8.78 Å². The van der Waals surface area contributed by atoms with Crippen LogP contribution in [0.4, 0.5) is 8.78 Å². The van der Waals surface area contributed by atoms with E-state index in [1.807, 2.05) is 11.8 Å². The summed E-state index contributed by atoms with van der Waals surface area (Å²) in [6.07, 6.45) is 0. The number of rotatable bonds is 8. The van der Waals surface area contributed by atoms with Crippen molar-refractivity contribution in [3.05, 3.63) is 0 Å². The van der Waals surface area contributed by atoms with Crippen LogP contribution in [0.15, 0.2) is 0 Å². The van der Waals surface area contributed by atoms with E-state index in [4.69, 9.17) is 0 Å². The van der Waals surface area contributed by atoms with Crippen molar-refractivity contribution in [2.45, 2.75) is 6.92 Å². The molecule has 0 amide bonds. The van der Waals surface area contributed by atoms with Crippen LogP contribution >= 0.6 is 0 Å². The van der Waals surface area contributed by atoms with Gasteiger partial charge in [0.1, 0.15) is 13.3 Å². The first kappa shape index (κ1) is 11.8. The van der Waals surface area contributed by atoms with E-state index < -0.39 is 0 Å². The SMILES string of the molecule is CCN(CCF)CCNCCF. The van der Waals surface area contributed by atoms with Crippen molar-refractivity contribution in [3.63, 3.8) is 0 Å². The summed E-state index contributed by atoms with van der Waals surface area (Å²) in [5.74, 6) is 0. The maximum absolute atomic E-state index is 11.9. The van der Waals surface area contributed by atoms with Gasteiger partial charge in [-0.2, -0.15) is 0 Å². The summed E-state index contributed by atoms with van der Waals surface area (Å²) in [5, 5.41) is 2.92. The van der Waals surface area contributed by atoms with E-state index >= 15 is 0 Å². The van der Waals surface area contributed by atoms with Gasteiger partial charge in [0, 0.05) is 26.2 Å². The predicted octanol–water partition coefficient (Wildman–Crippen LogP) is 0.837. The number of nitrogens with one attached hydrogen (secondary N) is 1. The van der Waals surface area contributed by atoms with Gasteiger partial charge in [-0.25, -0.2) is 8.78 Å². The van der Waals surface area contributed by atoms with E-state index in [0.717, 1.165) is 19.6 Å². The fourth-order valence-electron chi connectivity index (χ4n) is 0.977. The topological polar surface area (TPSA) is 15.3 Å². The lowest BCUT2D eigenvalue weighted by atomic mass is 10.4. The highest BCUT2D eigenvalue weighted by Gasteiger charge is 1.99. The van der Waals surface area contributed by atoms with Crippen LogP contribution in [0, 0.1) is 0 Å². The van der Waals surface area contributed by atoms with Crippen LogP contribution in [-0.2, 0) is 0 Å². The zero-order valence-corrected chi connectivity index (χ0v) is 7.65. The van der Waals surface area contributed by atoms with Gasteiger partial charge in [0.2, 0.25) is 0 Å². The minimum Gasteiger partial charge on any atom is -0.313 e. The Morgan fingerprint density at radius 2 is 1.83 bits per heavy atom. The van der Waals surface area contributed by atoms with Crippen molar-refractivity contribution in [3.8, 4) is 0 Å². The number of nitrogens with zero attached hydrogens (tertiary/aromatic N) is 1. The average molecular weight is 180 g/mol. The van der Waals surface area contributed by atoms with Gasteiger partial charge in [-0.05, 0) is 6.54 Å². The van der Waals surface area contributed by atoms with Crippen LogP contribution in [0.1, 0.15) is 6.92 Å². The molecular weight excluding hydrogens is 162 g/mol. The van der Waals surface area contributed by atoms with Crippen LogP contribution in [0.3, 0.4) is 0 Å². The quantitative estimate of drug-likeness (QED) is 0.557. The van der Waals surface area contributed by atoms with E-state index in [2.05, 4.69) is 5.32 Å². The van der Waals surface area contributed by atoms with Crippen LogP contribution in [0.25, 0.3) is 0 Å². The summed E-state index contributed by atoms with van der Waals surface area (Å²) >= 11 is 0. The lowest BCUT2D eigenvalue weighted by molar-refractivity contribution is 0.258. The van der Waals surface area contributed by atoms with Gasteiger partial charge in [0.05, 0.1) is 0 Å². The summed E-state index contributed by atoms with van der Waals surface area (Å²) in [6.45, 7) is 4.59. The van der Waals surface area contributed by atoms with Crippen molar-refractivity contribution in [1.82, 2.24) is 10.2 Å². The van der Waals surface area contributed by atoms with Gasteiger partial charge in [-0.3, -0.25) is 4.90 Å². The van der Waals surface area contributed by atoms with E-state index in [1.165, 1.54) is 0 Å². The van der Waals surface area contributed by atoms with Gasteiger partial charge in [-0.1, -0.05) is 6.92 Å². The maximum Gasteiger partial charge on any atom is 0.102 e. The molecule has 0 aliphatic heterocycles. The Morgan fingerprint density at radius 1 is 1.08 bits per heavy atom. The second-order valence-electron chi connectivity index (χ2n) is 2.56. The van der Waals surface area contributed by atoms with Gasteiger partial charge < -0.3 is 5.32 Å². The molecule has 0 heterocycles. The summed E-state index contributed by atoms with van der Waals surface area (Å²) in [6, 6.07) is 0. The molecule has 0 aliphatic rings. The third-order valence-electron chi connectivity index (χ3n) is 1.72. The van der Waals surface area contributed by atoms with Crippen molar-refractivity contribution in [2.24, 2.45) is 0 Å². The first-order valence-corrected chi connectivity index (χ1v) is 4.40. The molecule has 12 heavy (non-hydrogen) atoms. The zero-order chi connectivity index (χ0) is 9.23. The molecule has 4 heteroatoms. The summed E-state index contributed by atoms with van der Waals surface area (Å²) in [5.41, 5.74) is 0. The molecule has 0 atom stereocenters. The molecule has 0 radical (unpaired) electrons. The monoisotopic (exact) mass is 180 g/mol. The molecule has 1 N–H and O–H groups in total. The smallest absolute Gasteiger partial charge is 0.102 e. The second kappa shape index (κ2) is 8.87. The van der Waals surface area contributed by atoms with Crippen molar-refractivity contribution in [2.75, 3.05) is 46.1 Å². The molecule has 0 aromatic carbocycles. The number of likely N-dealkylation sites (N-methyl/N-ethyl adjacent to an activating group) is 1. The standard InChI is InChI=1S/C8H18F2N2/c1-2-12(7-4-10)8-6-11-5-3-9/h11H,2-8H2,1H3. The lowest BCUT2D eigenvalue weighted by Gasteiger charge is -2.18. The Balaban J connectivity index is 3.19. The van der Waals surface area contributed by atoms with Gasteiger partial charge in [0.25, 0.3) is 0 Å². The predicted molar refractivity (Wildman–Crippen MR) is 46.9 cm³/mol. The third-order valence-corrected chi connectivity index (χ3v) is 1.72. The Morgan fingerprint density at radius 3 is 2.33 bits per heavy atom. The highest BCUT2D eigenvalue weighted by molar-refractivity contribution is 4.56. The molecule has 0 unspecified atom stereocenters. The fourth-order valence-corrected chi connectivity index (χ4v) is 0.977. The zero-order valence-electron chi connectivity index (χ0n) is 7.65. The number of hydrogen-bond donors (Lipinski definition) is 1. The summed E-state index contributed by atoms with van der Waals surface area (Å²) < 4.78 is 23.5. The number of hydrogen-bond acceptors (Lipinski definition) is 2. The molecule has 0 saturated heterocycles. The molecule has 74 valence electrons. The first-order chi connectivity index (χ1) is 5.85. The molecule has 0 bridgehead atoms. The average Bonchev–Trinajstić information content (AvgIpc) is 2.10. The lowest BCUT2D eigenvalue weighted by Crippen LogP contribution is -2.34. The Kier molecular flexibility index (Phi) is 8.71. The van der Waals surface area contributed by atoms with E-state index in [1.54, 1.807) is 0 Å². The van der Waals surface area contributed by atoms with E-state index in [-0.39, 0.29) is 13.3 Å². The van der Waals surface area contributed by atoms with Crippen molar-refractivity contribution < 1.29 is 8.78 Å². The third kappa shape index (κ3) is 6.49. The minimum atomic E-state index is -0.338. The molecule has 0 fully saturated rings. The molecule has 0 saturated carbocycles. The van der Waals surface area contributed by atoms with Crippen LogP contribution in [0.5, 0.6) is 0 Å². The first-order valence-electron chi connectivity index (χ1n) is 4.40. The van der Waals surface area contributed by atoms with Gasteiger partial charge in [-0.15, -0.1) is 0 Å².